The first-order chi connectivity index (χ1) is 8.28. The van der Waals surface area contributed by atoms with E-state index in [1.807, 2.05) is 0 Å². The third-order valence-electron chi connectivity index (χ3n) is 5.67. The van der Waals surface area contributed by atoms with Crippen LogP contribution in [-0.2, 0) is 6.42 Å². The summed E-state index contributed by atoms with van der Waals surface area (Å²) in [6.07, 6.45) is 10.0. The summed E-state index contributed by atoms with van der Waals surface area (Å²) in [7, 11) is 0. The van der Waals surface area contributed by atoms with Crippen molar-refractivity contribution in [1.29, 1.82) is 0 Å². The molecule has 0 N–H and O–H groups in total. The van der Waals surface area contributed by atoms with Crippen LogP contribution in [-0.4, -0.2) is 0 Å². The fraction of sp³-hybridized carbons (Fsp3) is 0.647. The van der Waals surface area contributed by atoms with E-state index in [0.29, 0.717) is 5.41 Å². The molecule has 1 aromatic carbocycles. The summed E-state index contributed by atoms with van der Waals surface area (Å²) in [5.74, 6) is 1.81. The van der Waals surface area contributed by atoms with Gasteiger partial charge < -0.3 is 0 Å². The van der Waals surface area contributed by atoms with Crippen LogP contribution in [0.2, 0.25) is 0 Å². The monoisotopic (exact) mass is 226 g/mol. The van der Waals surface area contributed by atoms with Gasteiger partial charge in [0.05, 0.1) is 0 Å². The molecule has 2 fully saturated rings. The molecule has 2 atom stereocenters. The molecule has 90 valence electrons. The summed E-state index contributed by atoms with van der Waals surface area (Å²) in [4.78, 5) is 0. The van der Waals surface area contributed by atoms with Crippen molar-refractivity contribution in [3.05, 3.63) is 34.9 Å². The molecule has 0 unspecified atom stereocenters. The van der Waals surface area contributed by atoms with Gasteiger partial charge in [0.2, 0.25) is 0 Å². The Labute approximate surface area is 104 Å². The van der Waals surface area contributed by atoms with Crippen LogP contribution in [0.4, 0.5) is 0 Å². The van der Waals surface area contributed by atoms with Gasteiger partial charge in [-0.2, -0.15) is 0 Å². The summed E-state index contributed by atoms with van der Waals surface area (Å²) in [6.45, 7) is 2.54. The van der Waals surface area contributed by atoms with Crippen molar-refractivity contribution >= 4 is 0 Å². The zero-order chi connectivity index (χ0) is 11.5. The lowest BCUT2D eigenvalue weighted by Gasteiger charge is -2.38. The summed E-state index contributed by atoms with van der Waals surface area (Å²) in [6, 6.07) is 7.18. The second kappa shape index (κ2) is 3.37. The number of benzene rings is 1. The predicted molar refractivity (Wildman–Crippen MR) is 71.4 cm³/mol. The zero-order valence-electron chi connectivity index (χ0n) is 10.8. The minimum atomic E-state index is 0.634. The van der Waals surface area contributed by atoms with Gasteiger partial charge in [0.25, 0.3) is 0 Å². The lowest BCUT2D eigenvalue weighted by molar-refractivity contribution is 0.252. The highest BCUT2D eigenvalue weighted by molar-refractivity contribution is 5.44. The van der Waals surface area contributed by atoms with Crippen molar-refractivity contribution in [2.45, 2.75) is 63.7 Å². The van der Waals surface area contributed by atoms with Crippen LogP contribution in [0.15, 0.2) is 18.2 Å². The van der Waals surface area contributed by atoms with Gasteiger partial charge in [0.15, 0.2) is 0 Å². The molecule has 0 amide bonds. The Balaban J connectivity index is 1.84. The summed E-state index contributed by atoms with van der Waals surface area (Å²) >= 11 is 0. The van der Waals surface area contributed by atoms with Crippen molar-refractivity contribution in [2.75, 3.05) is 0 Å². The molecule has 17 heavy (non-hydrogen) atoms. The molecule has 0 bridgehead atoms. The molecule has 0 radical (unpaired) electrons. The van der Waals surface area contributed by atoms with E-state index >= 15 is 0 Å². The van der Waals surface area contributed by atoms with Crippen molar-refractivity contribution in [3.63, 3.8) is 0 Å². The van der Waals surface area contributed by atoms with Crippen molar-refractivity contribution in [3.8, 4) is 0 Å². The lowest BCUT2D eigenvalue weighted by atomic mass is 9.66. The number of hydrogen-bond donors (Lipinski definition) is 0. The topological polar surface area (TPSA) is 0 Å². The smallest absolute Gasteiger partial charge is 0.0105 e. The van der Waals surface area contributed by atoms with E-state index < -0.39 is 0 Å². The first-order valence-corrected chi connectivity index (χ1v) is 7.40. The molecule has 1 aromatic rings. The molecule has 2 saturated carbocycles. The second-order valence-corrected chi connectivity index (χ2v) is 6.79. The minimum Gasteiger partial charge on any atom is -0.0617 e. The van der Waals surface area contributed by atoms with Crippen LogP contribution < -0.4 is 0 Å². The quantitative estimate of drug-likeness (QED) is 0.646. The molecule has 4 rings (SSSR count). The van der Waals surface area contributed by atoms with Gasteiger partial charge in [-0.1, -0.05) is 31.5 Å². The maximum absolute atomic E-state index is 2.54. The van der Waals surface area contributed by atoms with Gasteiger partial charge in [0, 0.05) is 0 Å². The van der Waals surface area contributed by atoms with E-state index in [0.717, 1.165) is 11.8 Å². The summed E-state index contributed by atoms with van der Waals surface area (Å²) < 4.78 is 0. The van der Waals surface area contributed by atoms with E-state index in [-0.39, 0.29) is 0 Å². The third kappa shape index (κ3) is 1.42. The van der Waals surface area contributed by atoms with Gasteiger partial charge in [0.1, 0.15) is 0 Å². The highest BCUT2D eigenvalue weighted by atomic mass is 14.5. The molecular formula is C17H22. The Bertz CT molecular complexity index is 455. The van der Waals surface area contributed by atoms with Gasteiger partial charge in [-0.3, -0.25) is 0 Å². The van der Waals surface area contributed by atoms with Crippen molar-refractivity contribution < 1.29 is 0 Å². The molecule has 0 heteroatoms. The number of hydrogen-bond acceptors (Lipinski definition) is 0. The summed E-state index contributed by atoms with van der Waals surface area (Å²) in [5, 5.41) is 0. The first kappa shape index (κ1) is 10.2. The van der Waals surface area contributed by atoms with Gasteiger partial charge in [-0.15, -0.1) is 0 Å². The lowest BCUT2D eigenvalue weighted by Crippen LogP contribution is -2.27. The normalized spacial score (nSPS) is 35.5. The van der Waals surface area contributed by atoms with Crippen LogP contribution in [0.1, 0.15) is 74.0 Å². The number of rotatable bonds is 1. The van der Waals surface area contributed by atoms with E-state index in [1.54, 1.807) is 16.7 Å². The van der Waals surface area contributed by atoms with Crippen LogP contribution in [0.3, 0.4) is 0 Å². The van der Waals surface area contributed by atoms with E-state index in [9.17, 15) is 0 Å². The van der Waals surface area contributed by atoms with Crippen molar-refractivity contribution in [2.24, 2.45) is 5.41 Å². The summed E-state index contributed by atoms with van der Waals surface area (Å²) in [5.41, 5.74) is 5.85. The third-order valence-corrected chi connectivity index (χ3v) is 5.67. The molecule has 0 aliphatic heterocycles. The van der Waals surface area contributed by atoms with Gasteiger partial charge in [-0.05, 0) is 72.5 Å². The molecule has 0 spiro atoms. The Hall–Kier alpha value is -0.780. The molecule has 3 aliphatic carbocycles. The van der Waals surface area contributed by atoms with E-state index in [4.69, 9.17) is 0 Å². The average Bonchev–Trinajstić information content (AvgIpc) is 3.10. The molecule has 0 nitrogen and oxygen atoms in total. The van der Waals surface area contributed by atoms with Crippen LogP contribution in [0.5, 0.6) is 0 Å². The van der Waals surface area contributed by atoms with Crippen LogP contribution in [0, 0.1) is 5.41 Å². The largest absolute Gasteiger partial charge is 0.0617 e. The molecule has 0 heterocycles. The molecular weight excluding hydrogens is 204 g/mol. The average molecular weight is 226 g/mol. The second-order valence-electron chi connectivity index (χ2n) is 6.79. The molecule has 0 saturated heterocycles. The molecule has 0 aromatic heterocycles. The van der Waals surface area contributed by atoms with E-state index in [2.05, 4.69) is 25.1 Å². The first-order valence-electron chi connectivity index (χ1n) is 7.40. The minimum absolute atomic E-state index is 0.634. The van der Waals surface area contributed by atoms with Crippen molar-refractivity contribution in [1.82, 2.24) is 0 Å². The van der Waals surface area contributed by atoms with Crippen LogP contribution >= 0.6 is 0 Å². The maximum Gasteiger partial charge on any atom is -0.0105 e. The standard InChI is InChI=1S/C17H22/c1-17-10-3-6-16(17)15-5-2-4-13(12-7-8-12)14(15)9-11-17/h2,4-5,12,16H,3,6-11H2,1H3/t16-,17-/m1/s1. The predicted octanol–water partition coefficient (Wildman–Crippen LogP) is 4.78. The Morgan fingerprint density at radius 3 is 2.71 bits per heavy atom. The SMILES string of the molecule is C[C@]12CCC[C@@H]1c1cccc(C3CC3)c1CC2. The Kier molecular flexibility index (Phi) is 2.02. The molecule has 3 aliphatic rings. The number of fused-ring (bicyclic) bond motifs is 3. The zero-order valence-corrected chi connectivity index (χ0v) is 10.8. The fourth-order valence-electron chi connectivity index (χ4n) is 4.49. The Morgan fingerprint density at radius 1 is 1.06 bits per heavy atom. The highest BCUT2D eigenvalue weighted by Gasteiger charge is 2.43. The highest BCUT2D eigenvalue weighted by Crippen LogP contribution is 2.57. The van der Waals surface area contributed by atoms with Crippen LogP contribution in [0.25, 0.3) is 0 Å². The fourth-order valence-corrected chi connectivity index (χ4v) is 4.49. The van der Waals surface area contributed by atoms with E-state index in [1.165, 1.54) is 44.9 Å². The van der Waals surface area contributed by atoms with Gasteiger partial charge in [-0.25, -0.2) is 0 Å². The Morgan fingerprint density at radius 2 is 1.88 bits per heavy atom. The maximum atomic E-state index is 2.54. The van der Waals surface area contributed by atoms with Gasteiger partial charge >= 0.3 is 0 Å².